The number of hydrogen-bond donors (Lipinski definition) is 2. The third-order valence-corrected chi connectivity index (χ3v) is 7.47. The zero-order chi connectivity index (χ0) is 32.9. The zero-order valence-electron chi connectivity index (χ0n) is 27.3. The molecule has 0 amide bonds. The first kappa shape index (κ1) is 34.1. The number of carbonyl (C=O) groups is 1. The van der Waals surface area contributed by atoms with Crippen LogP contribution in [0.3, 0.4) is 0 Å². The van der Waals surface area contributed by atoms with Crippen LogP contribution >= 0.6 is 11.8 Å². The summed E-state index contributed by atoms with van der Waals surface area (Å²) in [5.74, 6) is 0.717. The Bertz CT molecular complexity index is 1790. The maximum atomic E-state index is 12.1. The molecule has 3 heterocycles. The van der Waals surface area contributed by atoms with Gasteiger partial charge in [0.05, 0.1) is 16.8 Å². The molecule has 0 saturated heterocycles. The van der Waals surface area contributed by atoms with E-state index in [-0.39, 0.29) is 5.78 Å². The van der Waals surface area contributed by atoms with E-state index in [4.69, 9.17) is 10.1 Å². The SMILES string of the molecule is C=C/C=C\SC.CCC(=O)Cc1cccc(-c2nn3cc(C)ccc3c2-c2ccnc(Nc3cccc(NCCN(C)C)c3)n2)c1. The molecular formula is C37H43N7OS. The first-order chi connectivity index (χ1) is 22.3. The van der Waals surface area contributed by atoms with Gasteiger partial charge in [0.25, 0.3) is 0 Å². The number of Topliss-reactive ketones (excluding diaryl/α,β-unsaturated/α-hetero) is 1. The van der Waals surface area contributed by atoms with E-state index in [0.717, 1.165) is 63.6 Å². The zero-order valence-corrected chi connectivity index (χ0v) is 28.1. The summed E-state index contributed by atoms with van der Waals surface area (Å²) in [4.78, 5) is 23.7. The Kier molecular flexibility index (Phi) is 12.7. The summed E-state index contributed by atoms with van der Waals surface area (Å²) in [5, 5.41) is 13.8. The lowest BCUT2D eigenvalue weighted by Gasteiger charge is -2.13. The molecule has 0 saturated carbocycles. The molecule has 0 unspecified atom stereocenters. The molecule has 0 atom stereocenters. The smallest absolute Gasteiger partial charge is 0.227 e. The quantitative estimate of drug-likeness (QED) is 0.126. The highest BCUT2D eigenvalue weighted by Crippen LogP contribution is 2.35. The van der Waals surface area contributed by atoms with Crippen molar-refractivity contribution in [2.75, 3.05) is 44.1 Å². The van der Waals surface area contributed by atoms with Crippen molar-refractivity contribution in [3.8, 4) is 22.5 Å². The van der Waals surface area contributed by atoms with Gasteiger partial charge in [0.1, 0.15) is 11.5 Å². The van der Waals surface area contributed by atoms with E-state index < -0.39 is 0 Å². The first-order valence-corrected chi connectivity index (χ1v) is 16.6. The standard InChI is InChI=1S/C32H35N7O.C5H8S/c1-5-27(40)19-23-8-6-9-24(18-23)31-30(29-13-12-22(2)21-39(29)37-31)28-14-15-34-32(36-28)35-26-11-7-10-25(20-26)33-16-17-38(3)4;1-3-4-5-6-2/h6-15,18,20-21,33H,5,16-17,19H2,1-4H3,(H,34,35,36);3-5H,1H2,2H3/b;5-4-. The van der Waals surface area contributed by atoms with Crippen molar-refractivity contribution < 1.29 is 4.79 Å². The molecule has 3 aromatic heterocycles. The van der Waals surface area contributed by atoms with Gasteiger partial charge < -0.3 is 15.5 Å². The summed E-state index contributed by atoms with van der Waals surface area (Å²) >= 11 is 1.67. The molecule has 0 spiro atoms. The third kappa shape index (κ3) is 9.63. The van der Waals surface area contributed by atoms with Crippen LogP contribution in [-0.2, 0) is 11.2 Å². The average Bonchev–Trinajstić information content (AvgIpc) is 3.43. The number of benzene rings is 2. The molecule has 0 aliphatic rings. The fourth-order valence-electron chi connectivity index (χ4n) is 4.74. The van der Waals surface area contributed by atoms with Crippen LogP contribution in [0, 0.1) is 6.92 Å². The Morgan fingerprint density at radius 3 is 2.61 bits per heavy atom. The molecule has 2 N–H and O–H groups in total. The Morgan fingerprint density at radius 1 is 1.07 bits per heavy atom. The molecule has 0 fully saturated rings. The van der Waals surface area contributed by atoms with Gasteiger partial charge in [-0.15, -0.1) is 11.8 Å². The number of aryl methyl sites for hydroxylation is 1. The van der Waals surface area contributed by atoms with Crippen LogP contribution in [0.25, 0.3) is 28.0 Å². The van der Waals surface area contributed by atoms with E-state index >= 15 is 0 Å². The van der Waals surface area contributed by atoms with Crippen molar-refractivity contribution >= 4 is 40.4 Å². The summed E-state index contributed by atoms with van der Waals surface area (Å²) in [6.07, 6.45) is 10.4. The van der Waals surface area contributed by atoms with Crippen molar-refractivity contribution in [2.45, 2.75) is 26.7 Å². The molecule has 5 rings (SSSR count). The van der Waals surface area contributed by atoms with Gasteiger partial charge in [-0.1, -0.05) is 56.0 Å². The molecule has 2 aromatic carbocycles. The number of nitrogens with zero attached hydrogens (tertiary/aromatic N) is 5. The number of hydrogen-bond acceptors (Lipinski definition) is 8. The van der Waals surface area contributed by atoms with Crippen molar-refractivity contribution in [3.05, 3.63) is 114 Å². The van der Waals surface area contributed by atoms with Crippen molar-refractivity contribution in [1.29, 1.82) is 0 Å². The lowest BCUT2D eigenvalue weighted by Crippen LogP contribution is -2.20. The number of rotatable bonds is 13. The fraction of sp³-hybridized carbons (Fsp3) is 0.243. The highest BCUT2D eigenvalue weighted by molar-refractivity contribution is 8.01. The monoisotopic (exact) mass is 633 g/mol. The highest BCUT2D eigenvalue weighted by atomic mass is 32.2. The molecule has 0 aliphatic carbocycles. The first-order valence-electron chi connectivity index (χ1n) is 15.3. The van der Waals surface area contributed by atoms with Crippen LogP contribution < -0.4 is 10.6 Å². The normalized spacial score (nSPS) is 11.0. The van der Waals surface area contributed by atoms with Gasteiger partial charge in [-0.05, 0) is 80.2 Å². The molecule has 0 bridgehead atoms. The molecule has 46 heavy (non-hydrogen) atoms. The number of allylic oxidation sites excluding steroid dienone is 2. The summed E-state index contributed by atoms with van der Waals surface area (Å²) in [5.41, 5.74) is 8.42. The number of anilines is 3. The van der Waals surface area contributed by atoms with Gasteiger partial charge in [-0.2, -0.15) is 5.10 Å². The summed E-state index contributed by atoms with van der Waals surface area (Å²) in [6.45, 7) is 9.24. The molecule has 5 aromatic rings. The number of thioether (sulfide) groups is 1. The second kappa shape index (κ2) is 17.1. The number of likely N-dealkylation sites (N-methyl/N-ethyl adjacent to an activating group) is 1. The van der Waals surface area contributed by atoms with Crippen LogP contribution in [-0.4, -0.2) is 63.7 Å². The van der Waals surface area contributed by atoms with Crippen molar-refractivity contribution in [3.63, 3.8) is 0 Å². The minimum absolute atomic E-state index is 0.214. The molecule has 238 valence electrons. The number of carbonyl (C=O) groups excluding carboxylic acids is 1. The second-order valence-corrected chi connectivity index (χ2v) is 11.8. The van der Waals surface area contributed by atoms with E-state index in [9.17, 15) is 4.79 Å². The van der Waals surface area contributed by atoms with Gasteiger partial charge in [0.2, 0.25) is 5.95 Å². The Hall–Kier alpha value is -4.73. The van der Waals surface area contributed by atoms with Crippen LogP contribution in [0.4, 0.5) is 17.3 Å². The second-order valence-electron chi connectivity index (χ2n) is 11.0. The number of ketones is 1. The average molecular weight is 634 g/mol. The van der Waals surface area contributed by atoms with E-state index in [2.05, 4.69) is 65.5 Å². The summed E-state index contributed by atoms with van der Waals surface area (Å²) in [6, 6.07) is 22.2. The predicted molar refractivity (Wildman–Crippen MR) is 195 cm³/mol. The lowest BCUT2D eigenvalue weighted by molar-refractivity contribution is -0.118. The minimum Gasteiger partial charge on any atom is -0.384 e. The molecule has 0 radical (unpaired) electrons. The van der Waals surface area contributed by atoms with E-state index in [1.54, 1.807) is 24.0 Å². The maximum absolute atomic E-state index is 12.1. The number of nitrogens with one attached hydrogen (secondary N) is 2. The third-order valence-electron chi connectivity index (χ3n) is 7.04. The predicted octanol–water partition coefficient (Wildman–Crippen LogP) is 8.05. The minimum atomic E-state index is 0.214. The molecular weight excluding hydrogens is 591 g/mol. The van der Waals surface area contributed by atoms with E-state index in [1.807, 2.05) is 84.8 Å². The molecule has 0 aliphatic heterocycles. The van der Waals surface area contributed by atoms with Gasteiger partial charge in [-0.3, -0.25) is 4.79 Å². The Morgan fingerprint density at radius 2 is 1.87 bits per heavy atom. The highest BCUT2D eigenvalue weighted by Gasteiger charge is 2.19. The van der Waals surface area contributed by atoms with Gasteiger partial charge in [0.15, 0.2) is 0 Å². The summed E-state index contributed by atoms with van der Waals surface area (Å²) in [7, 11) is 4.12. The fourth-order valence-corrected chi connectivity index (χ4v) is 5.01. The van der Waals surface area contributed by atoms with Crippen molar-refractivity contribution in [2.24, 2.45) is 0 Å². The van der Waals surface area contributed by atoms with Crippen molar-refractivity contribution in [1.82, 2.24) is 24.5 Å². The van der Waals surface area contributed by atoms with Crippen LogP contribution in [0.2, 0.25) is 0 Å². The van der Waals surface area contributed by atoms with Crippen LogP contribution in [0.5, 0.6) is 0 Å². The number of pyridine rings is 1. The topological polar surface area (TPSA) is 87.5 Å². The lowest BCUT2D eigenvalue weighted by atomic mass is 9.99. The van der Waals surface area contributed by atoms with Gasteiger partial charge in [-0.25, -0.2) is 14.5 Å². The van der Waals surface area contributed by atoms with E-state index in [1.165, 1.54) is 0 Å². The molecule has 8 nitrogen and oxygen atoms in total. The largest absolute Gasteiger partial charge is 0.384 e. The maximum Gasteiger partial charge on any atom is 0.227 e. The summed E-state index contributed by atoms with van der Waals surface area (Å²) < 4.78 is 1.90. The number of aromatic nitrogens is 4. The number of fused-ring (bicyclic) bond motifs is 1. The van der Waals surface area contributed by atoms with Gasteiger partial charge in [0, 0.05) is 55.3 Å². The Balaban J connectivity index is 0.000000731. The van der Waals surface area contributed by atoms with Gasteiger partial charge >= 0.3 is 0 Å². The van der Waals surface area contributed by atoms with Crippen LogP contribution in [0.1, 0.15) is 24.5 Å². The van der Waals surface area contributed by atoms with E-state index in [0.29, 0.717) is 18.8 Å². The Labute approximate surface area is 276 Å². The molecule has 9 heteroatoms. The van der Waals surface area contributed by atoms with Crippen LogP contribution in [0.15, 0.2) is 103 Å².